The maximum absolute atomic E-state index is 12.1. The zero-order valence-corrected chi connectivity index (χ0v) is 9.74. The predicted octanol–water partition coefficient (Wildman–Crippen LogP) is 3.19. The highest BCUT2D eigenvalue weighted by atomic mass is 79.9. The van der Waals surface area contributed by atoms with Crippen molar-refractivity contribution >= 4 is 15.9 Å². The Kier molecular flexibility index (Phi) is 4.25. The highest BCUT2D eigenvalue weighted by molar-refractivity contribution is 9.09. The van der Waals surface area contributed by atoms with Crippen LogP contribution in [0.4, 0.5) is 13.2 Å². The first-order valence-corrected chi connectivity index (χ1v) is 5.73. The molecule has 1 rings (SSSR count). The summed E-state index contributed by atoms with van der Waals surface area (Å²) in [5.74, 6) is 0. The third-order valence-electron chi connectivity index (χ3n) is 2.64. The molecule has 0 aromatic carbocycles. The summed E-state index contributed by atoms with van der Waals surface area (Å²) in [6.07, 6.45) is -0.0878. The summed E-state index contributed by atoms with van der Waals surface area (Å²) in [5.41, 5.74) is 0. The second kappa shape index (κ2) is 4.84. The average molecular weight is 274 g/mol. The van der Waals surface area contributed by atoms with Gasteiger partial charge in [-0.1, -0.05) is 28.8 Å². The minimum absolute atomic E-state index is 0.0328. The third kappa shape index (κ3) is 3.77. The fraction of sp³-hybridized carbons (Fsp3) is 1.00. The molecule has 84 valence electrons. The number of alkyl halides is 4. The lowest BCUT2D eigenvalue weighted by Crippen LogP contribution is -2.44. The van der Waals surface area contributed by atoms with Crippen LogP contribution in [0.25, 0.3) is 0 Å². The molecule has 0 spiro atoms. The Morgan fingerprint density at radius 1 is 1.29 bits per heavy atom. The van der Waals surface area contributed by atoms with Gasteiger partial charge in [0.2, 0.25) is 0 Å². The van der Waals surface area contributed by atoms with Crippen LogP contribution in [-0.2, 0) is 0 Å². The highest BCUT2D eigenvalue weighted by Crippen LogP contribution is 2.29. The number of halogens is 4. The van der Waals surface area contributed by atoms with E-state index >= 15 is 0 Å². The molecule has 0 saturated heterocycles. The van der Waals surface area contributed by atoms with Crippen molar-refractivity contribution in [1.29, 1.82) is 0 Å². The van der Waals surface area contributed by atoms with Crippen molar-refractivity contribution in [3.05, 3.63) is 0 Å². The quantitative estimate of drug-likeness (QED) is 0.699. The number of hydrogen-bond acceptors (Lipinski definition) is 1. The number of nitrogens with zero attached hydrogens (tertiary/aromatic N) is 1. The molecule has 0 amide bonds. The van der Waals surface area contributed by atoms with Gasteiger partial charge in [-0.25, -0.2) is 0 Å². The van der Waals surface area contributed by atoms with Crippen LogP contribution >= 0.6 is 15.9 Å². The maximum Gasteiger partial charge on any atom is 0.401 e. The van der Waals surface area contributed by atoms with Crippen LogP contribution in [0, 0.1) is 0 Å². The summed E-state index contributed by atoms with van der Waals surface area (Å²) in [5, 5.41) is 0. The molecule has 14 heavy (non-hydrogen) atoms. The maximum atomic E-state index is 12.1. The fourth-order valence-corrected chi connectivity index (χ4v) is 2.95. The van der Waals surface area contributed by atoms with Gasteiger partial charge in [0.25, 0.3) is 0 Å². The predicted molar refractivity (Wildman–Crippen MR) is 53.7 cm³/mol. The van der Waals surface area contributed by atoms with Crippen LogP contribution in [-0.4, -0.2) is 35.5 Å². The molecule has 0 heterocycles. The third-order valence-corrected chi connectivity index (χ3v) is 3.71. The Hall–Kier alpha value is 0.230. The van der Waals surface area contributed by atoms with E-state index in [1.54, 1.807) is 7.05 Å². The molecule has 1 aliphatic rings. The first-order chi connectivity index (χ1) is 6.40. The van der Waals surface area contributed by atoms with Gasteiger partial charge in [-0.3, -0.25) is 4.90 Å². The zero-order chi connectivity index (χ0) is 10.8. The standard InChI is InChI=1S/C9H15BrF3N/c1-14(6-9(11,12)13)8-5-3-2-4-7(8)10/h7-8H,2-6H2,1H3. The van der Waals surface area contributed by atoms with Crippen molar-refractivity contribution in [3.8, 4) is 0 Å². The second-order valence-electron chi connectivity index (χ2n) is 3.90. The van der Waals surface area contributed by atoms with E-state index in [2.05, 4.69) is 15.9 Å². The normalized spacial score (nSPS) is 29.6. The monoisotopic (exact) mass is 273 g/mol. The van der Waals surface area contributed by atoms with Gasteiger partial charge < -0.3 is 0 Å². The molecular weight excluding hydrogens is 259 g/mol. The summed E-state index contributed by atoms with van der Waals surface area (Å²) >= 11 is 3.45. The van der Waals surface area contributed by atoms with Crippen LogP contribution in [0.5, 0.6) is 0 Å². The minimum Gasteiger partial charge on any atom is -0.294 e. The lowest BCUT2D eigenvalue weighted by molar-refractivity contribution is -0.148. The largest absolute Gasteiger partial charge is 0.401 e. The van der Waals surface area contributed by atoms with Gasteiger partial charge in [0.15, 0.2) is 0 Å². The van der Waals surface area contributed by atoms with E-state index in [1.165, 1.54) is 4.90 Å². The molecule has 1 fully saturated rings. The molecule has 1 saturated carbocycles. The van der Waals surface area contributed by atoms with Crippen molar-refractivity contribution in [2.75, 3.05) is 13.6 Å². The summed E-state index contributed by atoms with van der Waals surface area (Å²) in [6, 6.07) is 0.0328. The Labute approximate surface area is 90.8 Å². The van der Waals surface area contributed by atoms with E-state index in [4.69, 9.17) is 0 Å². The van der Waals surface area contributed by atoms with Crippen molar-refractivity contribution in [1.82, 2.24) is 4.90 Å². The lowest BCUT2D eigenvalue weighted by Gasteiger charge is -2.35. The first kappa shape index (κ1) is 12.3. The van der Waals surface area contributed by atoms with E-state index in [0.29, 0.717) is 0 Å². The molecule has 5 heteroatoms. The van der Waals surface area contributed by atoms with Gasteiger partial charge in [-0.2, -0.15) is 13.2 Å². The van der Waals surface area contributed by atoms with E-state index in [-0.39, 0.29) is 10.9 Å². The Balaban J connectivity index is 2.46. The van der Waals surface area contributed by atoms with E-state index in [9.17, 15) is 13.2 Å². The van der Waals surface area contributed by atoms with Gasteiger partial charge >= 0.3 is 6.18 Å². The molecule has 0 aliphatic heterocycles. The Bertz CT molecular complexity index is 183. The van der Waals surface area contributed by atoms with Gasteiger partial charge in [0.05, 0.1) is 6.54 Å². The van der Waals surface area contributed by atoms with E-state index in [1.807, 2.05) is 0 Å². The van der Waals surface area contributed by atoms with Gasteiger partial charge in [-0.05, 0) is 19.9 Å². The molecular formula is C9H15BrF3N. The average Bonchev–Trinajstić information content (AvgIpc) is 2.01. The summed E-state index contributed by atoms with van der Waals surface area (Å²) in [6.45, 7) is -0.806. The van der Waals surface area contributed by atoms with Crippen molar-refractivity contribution in [2.45, 2.75) is 42.7 Å². The molecule has 0 bridgehead atoms. The van der Waals surface area contributed by atoms with Crippen LogP contribution in [0.1, 0.15) is 25.7 Å². The molecule has 1 aliphatic carbocycles. The van der Waals surface area contributed by atoms with E-state index in [0.717, 1.165) is 25.7 Å². The smallest absolute Gasteiger partial charge is 0.294 e. The molecule has 0 aromatic rings. The summed E-state index contributed by atoms with van der Waals surface area (Å²) in [7, 11) is 1.55. The highest BCUT2D eigenvalue weighted by Gasteiger charge is 2.34. The molecule has 0 N–H and O–H groups in total. The van der Waals surface area contributed by atoms with Crippen molar-refractivity contribution in [2.24, 2.45) is 0 Å². The molecule has 2 atom stereocenters. The number of rotatable bonds is 2. The molecule has 0 aromatic heterocycles. The summed E-state index contributed by atoms with van der Waals surface area (Å²) in [4.78, 5) is 1.63. The van der Waals surface area contributed by atoms with Crippen LogP contribution in [0.15, 0.2) is 0 Å². The Morgan fingerprint density at radius 3 is 2.36 bits per heavy atom. The van der Waals surface area contributed by atoms with Gasteiger partial charge in [0, 0.05) is 10.9 Å². The molecule has 0 radical (unpaired) electrons. The lowest BCUT2D eigenvalue weighted by atomic mass is 9.94. The SMILES string of the molecule is CN(CC(F)(F)F)C1CCCCC1Br. The van der Waals surface area contributed by atoms with Crippen LogP contribution < -0.4 is 0 Å². The van der Waals surface area contributed by atoms with E-state index < -0.39 is 12.7 Å². The minimum atomic E-state index is -4.08. The zero-order valence-electron chi connectivity index (χ0n) is 8.15. The van der Waals surface area contributed by atoms with Gasteiger partial charge in [0.1, 0.15) is 0 Å². The van der Waals surface area contributed by atoms with Crippen molar-refractivity contribution < 1.29 is 13.2 Å². The molecule has 2 unspecified atom stereocenters. The molecule has 1 nitrogen and oxygen atoms in total. The van der Waals surface area contributed by atoms with Gasteiger partial charge in [-0.15, -0.1) is 0 Å². The van der Waals surface area contributed by atoms with Crippen LogP contribution in [0.3, 0.4) is 0 Å². The topological polar surface area (TPSA) is 3.24 Å². The Morgan fingerprint density at radius 2 is 1.86 bits per heavy atom. The first-order valence-electron chi connectivity index (χ1n) is 4.81. The fourth-order valence-electron chi connectivity index (χ4n) is 1.96. The second-order valence-corrected chi connectivity index (χ2v) is 5.07. The summed E-state index contributed by atoms with van der Waals surface area (Å²) < 4.78 is 36.4. The van der Waals surface area contributed by atoms with Crippen molar-refractivity contribution in [3.63, 3.8) is 0 Å². The number of hydrogen-bond donors (Lipinski definition) is 0. The van der Waals surface area contributed by atoms with Crippen LogP contribution in [0.2, 0.25) is 0 Å².